The molecule has 102 valence electrons. The van der Waals surface area contributed by atoms with Crippen LogP contribution in [0.4, 0.5) is 0 Å². The SMILES string of the molecule is Cc1cc(C)c(C(C)NC(C)c2nn[nH]n2)c(C)c1. The molecule has 0 aliphatic rings. The van der Waals surface area contributed by atoms with Gasteiger partial charge in [-0.2, -0.15) is 5.21 Å². The predicted molar refractivity (Wildman–Crippen MR) is 74.8 cm³/mol. The highest BCUT2D eigenvalue weighted by atomic mass is 15.5. The van der Waals surface area contributed by atoms with Gasteiger partial charge in [0, 0.05) is 6.04 Å². The minimum atomic E-state index is 0.0638. The normalized spacial score (nSPS) is 14.4. The molecule has 1 aromatic carbocycles. The van der Waals surface area contributed by atoms with Crippen LogP contribution in [0, 0.1) is 20.8 Å². The Morgan fingerprint density at radius 1 is 1.05 bits per heavy atom. The number of aryl methyl sites for hydroxylation is 3. The van der Waals surface area contributed by atoms with Crippen LogP contribution in [-0.2, 0) is 0 Å². The van der Waals surface area contributed by atoms with Crippen LogP contribution in [0.5, 0.6) is 0 Å². The summed E-state index contributed by atoms with van der Waals surface area (Å²) < 4.78 is 0. The van der Waals surface area contributed by atoms with Crippen molar-refractivity contribution in [2.45, 2.75) is 46.7 Å². The molecule has 19 heavy (non-hydrogen) atoms. The molecule has 1 aromatic heterocycles. The summed E-state index contributed by atoms with van der Waals surface area (Å²) in [5.74, 6) is 0.689. The molecule has 0 saturated heterocycles. The first-order valence-electron chi connectivity index (χ1n) is 6.56. The minimum Gasteiger partial charge on any atom is -0.301 e. The summed E-state index contributed by atoms with van der Waals surface area (Å²) in [6, 6.07) is 4.75. The summed E-state index contributed by atoms with van der Waals surface area (Å²) >= 11 is 0. The molecule has 0 fully saturated rings. The molecule has 0 bridgehead atoms. The van der Waals surface area contributed by atoms with Gasteiger partial charge in [-0.05, 0) is 51.3 Å². The highest BCUT2D eigenvalue weighted by Gasteiger charge is 2.17. The highest BCUT2D eigenvalue weighted by Crippen LogP contribution is 2.25. The zero-order valence-electron chi connectivity index (χ0n) is 12.2. The molecule has 5 nitrogen and oxygen atoms in total. The maximum Gasteiger partial charge on any atom is 0.191 e. The van der Waals surface area contributed by atoms with Crippen LogP contribution in [0.3, 0.4) is 0 Å². The van der Waals surface area contributed by atoms with Gasteiger partial charge in [0.2, 0.25) is 0 Å². The van der Waals surface area contributed by atoms with Crippen molar-refractivity contribution in [3.8, 4) is 0 Å². The molecule has 2 atom stereocenters. The molecule has 0 saturated carbocycles. The van der Waals surface area contributed by atoms with Gasteiger partial charge in [-0.1, -0.05) is 22.9 Å². The van der Waals surface area contributed by atoms with Crippen LogP contribution in [-0.4, -0.2) is 20.6 Å². The van der Waals surface area contributed by atoms with Crippen LogP contribution >= 0.6 is 0 Å². The fourth-order valence-corrected chi connectivity index (χ4v) is 2.76. The molecule has 0 aliphatic heterocycles. The topological polar surface area (TPSA) is 66.5 Å². The van der Waals surface area contributed by atoms with Crippen LogP contribution in [0.15, 0.2) is 12.1 Å². The molecule has 0 amide bonds. The summed E-state index contributed by atoms with van der Waals surface area (Å²) in [5, 5.41) is 17.6. The van der Waals surface area contributed by atoms with Gasteiger partial charge in [0.15, 0.2) is 5.82 Å². The second kappa shape index (κ2) is 5.48. The Kier molecular flexibility index (Phi) is 3.95. The minimum absolute atomic E-state index is 0.0638. The zero-order chi connectivity index (χ0) is 14.0. The lowest BCUT2D eigenvalue weighted by molar-refractivity contribution is 0.474. The Balaban J connectivity index is 2.18. The molecule has 2 unspecified atom stereocenters. The van der Waals surface area contributed by atoms with Crippen molar-refractivity contribution in [2.24, 2.45) is 0 Å². The van der Waals surface area contributed by atoms with Crippen LogP contribution in [0.1, 0.15) is 54.0 Å². The van der Waals surface area contributed by atoms with Crippen molar-refractivity contribution >= 4 is 0 Å². The Morgan fingerprint density at radius 3 is 2.21 bits per heavy atom. The third-order valence-electron chi connectivity index (χ3n) is 3.42. The average molecular weight is 259 g/mol. The lowest BCUT2D eigenvalue weighted by atomic mass is 9.94. The van der Waals surface area contributed by atoms with E-state index in [2.05, 4.69) is 65.8 Å². The predicted octanol–water partition coefficient (Wildman–Crippen LogP) is 2.54. The van der Waals surface area contributed by atoms with Crippen LogP contribution in [0.25, 0.3) is 0 Å². The van der Waals surface area contributed by atoms with Crippen molar-refractivity contribution in [1.82, 2.24) is 25.9 Å². The molecule has 2 aromatic rings. The van der Waals surface area contributed by atoms with Crippen molar-refractivity contribution in [3.05, 3.63) is 40.2 Å². The lowest BCUT2D eigenvalue weighted by Gasteiger charge is -2.22. The number of hydrogen-bond acceptors (Lipinski definition) is 4. The number of H-pyrrole nitrogens is 1. The maximum absolute atomic E-state index is 4.01. The Bertz CT molecular complexity index is 524. The second-order valence-electron chi connectivity index (χ2n) is 5.19. The number of hydrogen-bond donors (Lipinski definition) is 2. The van der Waals surface area contributed by atoms with E-state index in [-0.39, 0.29) is 12.1 Å². The number of nitrogens with one attached hydrogen (secondary N) is 2. The van der Waals surface area contributed by atoms with Gasteiger partial charge < -0.3 is 5.32 Å². The Labute approximate surface area is 113 Å². The van der Waals surface area contributed by atoms with Gasteiger partial charge in [-0.25, -0.2) is 0 Å². The molecule has 1 heterocycles. The first-order chi connectivity index (χ1) is 8.99. The van der Waals surface area contributed by atoms with E-state index < -0.39 is 0 Å². The molecule has 0 spiro atoms. The highest BCUT2D eigenvalue weighted by molar-refractivity contribution is 5.39. The monoisotopic (exact) mass is 259 g/mol. The number of nitrogens with zero attached hydrogens (tertiary/aromatic N) is 3. The fraction of sp³-hybridized carbons (Fsp3) is 0.500. The van der Waals surface area contributed by atoms with Crippen molar-refractivity contribution in [1.29, 1.82) is 0 Å². The molecule has 0 radical (unpaired) electrons. The number of benzene rings is 1. The van der Waals surface area contributed by atoms with Gasteiger partial charge in [0.25, 0.3) is 0 Å². The average Bonchev–Trinajstić information content (AvgIpc) is 2.80. The fourth-order valence-electron chi connectivity index (χ4n) is 2.76. The van der Waals surface area contributed by atoms with Gasteiger partial charge in [0.05, 0.1) is 6.04 Å². The van der Waals surface area contributed by atoms with E-state index in [0.29, 0.717) is 5.82 Å². The summed E-state index contributed by atoms with van der Waals surface area (Å²) in [7, 11) is 0. The van der Waals surface area contributed by atoms with Gasteiger partial charge in [-0.15, -0.1) is 10.2 Å². The second-order valence-corrected chi connectivity index (χ2v) is 5.19. The van der Waals surface area contributed by atoms with E-state index in [1.807, 2.05) is 6.92 Å². The Morgan fingerprint density at radius 2 is 1.68 bits per heavy atom. The van der Waals surface area contributed by atoms with Gasteiger partial charge in [0.1, 0.15) is 0 Å². The summed E-state index contributed by atoms with van der Waals surface area (Å²) in [6.45, 7) is 10.7. The summed E-state index contributed by atoms with van der Waals surface area (Å²) in [6.07, 6.45) is 0. The van der Waals surface area contributed by atoms with E-state index in [1.54, 1.807) is 0 Å². The molecule has 2 N–H and O–H groups in total. The third-order valence-corrected chi connectivity index (χ3v) is 3.42. The maximum atomic E-state index is 4.01. The number of tetrazole rings is 1. The van der Waals surface area contributed by atoms with Crippen LogP contribution in [0.2, 0.25) is 0 Å². The standard InChI is InChI=1S/C14H21N5/c1-8-6-9(2)13(10(3)7-8)11(4)15-12(5)14-16-18-19-17-14/h6-7,11-12,15H,1-5H3,(H,16,17,18,19). The summed E-state index contributed by atoms with van der Waals surface area (Å²) in [5.41, 5.74) is 5.29. The smallest absolute Gasteiger partial charge is 0.191 e. The van der Waals surface area contributed by atoms with Crippen molar-refractivity contribution in [2.75, 3.05) is 0 Å². The number of aromatic nitrogens is 4. The van der Waals surface area contributed by atoms with E-state index in [9.17, 15) is 0 Å². The molecule has 5 heteroatoms. The molecule has 0 aliphatic carbocycles. The van der Waals surface area contributed by atoms with E-state index >= 15 is 0 Å². The first kappa shape index (κ1) is 13.7. The number of aromatic amines is 1. The van der Waals surface area contributed by atoms with E-state index in [0.717, 1.165) is 0 Å². The summed E-state index contributed by atoms with van der Waals surface area (Å²) in [4.78, 5) is 0. The van der Waals surface area contributed by atoms with Gasteiger partial charge in [-0.3, -0.25) is 0 Å². The quantitative estimate of drug-likeness (QED) is 0.885. The molecule has 2 rings (SSSR count). The van der Waals surface area contributed by atoms with Crippen molar-refractivity contribution in [3.63, 3.8) is 0 Å². The zero-order valence-corrected chi connectivity index (χ0v) is 12.2. The Hall–Kier alpha value is -1.75. The number of rotatable bonds is 4. The molecular weight excluding hydrogens is 238 g/mol. The largest absolute Gasteiger partial charge is 0.301 e. The van der Waals surface area contributed by atoms with Gasteiger partial charge >= 0.3 is 0 Å². The lowest BCUT2D eigenvalue weighted by Crippen LogP contribution is -2.24. The van der Waals surface area contributed by atoms with Crippen LogP contribution < -0.4 is 5.32 Å². The third kappa shape index (κ3) is 2.98. The molecular formula is C14H21N5. The van der Waals surface area contributed by atoms with E-state index in [1.165, 1.54) is 22.3 Å². The van der Waals surface area contributed by atoms with Crippen molar-refractivity contribution < 1.29 is 0 Å². The first-order valence-corrected chi connectivity index (χ1v) is 6.56. The van der Waals surface area contributed by atoms with E-state index in [4.69, 9.17) is 0 Å².